The molecule has 0 saturated heterocycles. The van der Waals surface area contributed by atoms with Crippen molar-refractivity contribution in [3.63, 3.8) is 0 Å². The second-order valence-electron chi connectivity index (χ2n) is 6.21. The number of benzene rings is 3. The second-order valence-corrected chi connectivity index (χ2v) is 6.21. The summed E-state index contributed by atoms with van der Waals surface area (Å²) in [5, 5.41) is 30.4. The van der Waals surface area contributed by atoms with E-state index in [0.717, 1.165) is 11.1 Å². The van der Waals surface area contributed by atoms with Crippen molar-refractivity contribution in [3.8, 4) is 50.9 Å². The molecule has 0 amide bonds. The van der Waals surface area contributed by atoms with E-state index in [0.29, 0.717) is 22.5 Å². The topological polar surface area (TPSA) is 73.6 Å². The van der Waals surface area contributed by atoms with Crippen LogP contribution in [0.15, 0.2) is 84.9 Å². The fraction of sp³-hybridized carbons (Fsp3) is 0. The highest BCUT2D eigenvalue weighted by Crippen LogP contribution is 2.36. The normalized spacial score (nSPS) is 10.7. The third-order valence-electron chi connectivity index (χ3n) is 4.36. The Kier molecular flexibility index (Phi) is 4.22. The number of hydrogen-bond donors (Lipinski definition) is 3. The van der Waals surface area contributed by atoms with Crippen molar-refractivity contribution in [2.45, 2.75) is 0 Å². The van der Waals surface area contributed by atoms with E-state index in [2.05, 4.69) is 4.98 Å². The molecule has 0 bridgehead atoms. The molecule has 1 aromatic heterocycles. The van der Waals surface area contributed by atoms with Crippen LogP contribution in [0.5, 0.6) is 17.2 Å². The number of hydrogen-bond acceptors (Lipinski definition) is 4. The first-order valence-electron chi connectivity index (χ1n) is 8.50. The lowest BCUT2D eigenvalue weighted by molar-refractivity contribution is 0.475. The van der Waals surface area contributed by atoms with E-state index in [1.165, 1.54) is 0 Å². The highest BCUT2D eigenvalue weighted by atomic mass is 16.3. The van der Waals surface area contributed by atoms with Crippen molar-refractivity contribution in [1.82, 2.24) is 4.98 Å². The molecular weight excluding hydrogens is 338 g/mol. The van der Waals surface area contributed by atoms with Gasteiger partial charge in [-0.3, -0.25) is 0 Å². The molecule has 3 N–H and O–H groups in total. The van der Waals surface area contributed by atoms with Crippen LogP contribution in [-0.2, 0) is 0 Å². The molecule has 1 heterocycles. The van der Waals surface area contributed by atoms with Crippen molar-refractivity contribution in [1.29, 1.82) is 0 Å². The van der Waals surface area contributed by atoms with E-state index in [9.17, 15) is 15.3 Å². The van der Waals surface area contributed by atoms with Gasteiger partial charge in [0, 0.05) is 16.7 Å². The molecule has 0 radical (unpaired) electrons. The minimum absolute atomic E-state index is 0.126. The number of nitrogens with zero attached hydrogens (tertiary/aromatic N) is 1. The number of aromatic nitrogens is 1. The van der Waals surface area contributed by atoms with Crippen molar-refractivity contribution >= 4 is 0 Å². The van der Waals surface area contributed by atoms with Crippen molar-refractivity contribution in [2.24, 2.45) is 0 Å². The summed E-state index contributed by atoms with van der Waals surface area (Å²) in [4.78, 5) is 4.68. The smallest absolute Gasteiger partial charge is 0.124 e. The lowest BCUT2D eigenvalue weighted by Gasteiger charge is -2.12. The molecule has 0 unspecified atom stereocenters. The lowest BCUT2D eigenvalue weighted by atomic mass is 9.99. The molecule has 0 atom stereocenters. The zero-order valence-corrected chi connectivity index (χ0v) is 14.4. The minimum Gasteiger partial charge on any atom is -0.508 e. The Morgan fingerprint density at radius 1 is 0.519 bits per heavy atom. The minimum atomic E-state index is 0.126. The average Bonchev–Trinajstić information content (AvgIpc) is 2.68. The van der Waals surface area contributed by atoms with Crippen LogP contribution >= 0.6 is 0 Å². The number of pyridine rings is 1. The van der Waals surface area contributed by atoms with Crippen LogP contribution in [0, 0.1) is 0 Å². The zero-order valence-electron chi connectivity index (χ0n) is 14.4. The summed E-state index contributed by atoms with van der Waals surface area (Å²) in [6.07, 6.45) is 0. The molecule has 27 heavy (non-hydrogen) atoms. The van der Waals surface area contributed by atoms with E-state index in [-0.39, 0.29) is 17.2 Å². The van der Waals surface area contributed by atoms with E-state index >= 15 is 0 Å². The van der Waals surface area contributed by atoms with Gasteiger partial charge in [0.05, 0.1) is 11.4 Å². The molecule has 0 fully saturated rings. The standard InChI is InChI=1S/C23H17NO3/c25-17-7-5-6-15(12-17)20-13-16(18-8-1-3-10-22(18)26)14-21(24-20)19-9-2-4-11-23(19)27/h1-14,25-27H. The average molecular weight is 355 g/mol. The third-order valence-corrected chi connectivity index (χ3v) is 4.36. The van der Waals surface area contributed by atoms with Gasteiger partial charge in [0.1, 0.15) is 17.2 Å². The molecule has 132 valence electrons. The number of aromatic hydroxyl groups is 3. The van der Waals surface area contributed by atoms with Crippen LogP contribution in [0.4, 0.5) is 0 Å². The summed E-state index contributed by atoms with van der Waals surface area (Å²) < 4.78 is 0. The molecule has 4 nitrogen and oxygen atoms in total. The van der Waals surface area contributed by atoms with Gasteiger partial charge in [0.25, 0.3) is 0 Å². The van der Waals surface area contributed by atoms with Gasteiger partial charge < -0.3 is 15.3 Å². The fourth-order valence-electron chi connectivity index (χ4n) is 3.05. The maximum Gasteiger partial charge on any atom is 0.124 e. The molecule has 4 heteroatoms. The predicted molar refractivity (Wildman–Crippen MR) is 106 cm³/mol. The Balaban J connectivity index is 1.97. The van der Waals surface area contributed by atoms with Crippen LogP contribution < -0.4 is 0 Å². The number of phenols is 3. The van der Waals surface area contributed by atoms with Gasteiger partial charge in [0.15, 0.2) is 0 Å². The van der Waals surface area contributed by atoms with Crippen molar-refractivity contribution < 1.29 is 15.3 Å². The third kappa shape index (κ3) is 3.33. The van der Waals surface area contributed by atoms with Gasteiger partial charge in [-0.05, 0) is 48.0 Å². The monoisotopic (exact) mass is 355 g/mol. The van der Waals surface area contributed by atoms with E-state index < -0.39 is 0 Å². The number of phenolic OH excluding ortho intramolecular Hbond substituents is 3. The number of para-hydroxylation sites is 2. The van der Waals surface area contributed by atoms with E-state index in [1.807, 2.05) is 36.4 Å². The van der Waals surface area contributed by atoms with Gasteiger partial charge >= 0.3 is 0 Å². The van der Waals surface area contributed by atoms with Gasteiger partial charge in [-0.1, -0.05) is 42.5 Å². The highest BCUT2D eigenvalue weighted by Gasteiger charge is 2.13. The molecular formula is C23H17NO3. The van der Waals surface area contributed by atoms with E-state index in [4.69, 9.17) is 0 Å². The lowest BCUT2D eigenvalue weighted by Crippen LogP contribution is -1.92. The summed E-state index contributed by atoms with van der Waals surface area (Å²) in [6, 6.07) is 24.6. The first-order valence-corrected chi connectivity index (χ1v) is 8.50. The van der Waals surface area contributed by atoms with Gasteiger partial charge in [-0.2, -0.15) is 0 Å². The molecule has 0 aliphatic rings. The van der Waals surface area contributed by atoms with E-state index in [1.54, 1.807) is 48.5 Å². The largest absolute Gasteiger partial charge is 0.508 e. The summed E-state index contributed by atoms with van der Waals surface area (Å²) in [5.74, 6) is 0.432. The van der Waals surface area contributed by atoms with Crippen molar-refractivity contribution in [3.05, 3.63) is 84.9 Å². The quantitative estimate of drug-likeness (QED) is 0.472. The zero-order chi connectivity index (χ0) is 18.8. The Bertz CT molecular complexity index is 1060. The molecule has 0 saturated carbocycles. The number of rotatable bonds is 3. The molecule has 4 rings (SSSR count). The molecule has 0 aliphatic heterocycles. The summed E-state index contributed by atoms with van der Waals surface area (Å²) in [5.41, 5.74) is 3.97. The van der Waals surface area contributed by atoms with Crippen LogP contribution in [-0.4, -0.2) is 20.3 Å². The summed E-state index contributed by atoms with van der Waals surface area (Å²) >= 11 is 0. The van der Waals surface area contributed by atoms with Crippen LogP contribution in [0.2, 0.25) is 0 Å². The Morgan fingerprint density at radius 2 is 1.15 bits per heavy atom. The second kappa shape index (κ2) is 6.84. The Hall–Kier alpha value is -3.79. The Morgan fingerprint density at radius 3 is 1.81 bits per heavy atom. The van der Waals surface area contributed by atoms with Crippen LogP contribution in [0.25, 0.3) is 33.6 Å². The van der Waals surface area contributed by atoms with Gasteiger partial charge in [-0.25, -0.2) is 4.98 Å². The maximum absolute atomic E-state index is 10.3. The Labute approximate surface area is 156 Å². The SMILES string of the molecule is Oc1cccc(-c2cc(-c3ccccc3O)cc(-c3ccccc3O)n2)c1. The molecule has 3 aromatic carbocycles. The van der Waals surface area contributed by atoms with Crippen LogP contribution in [0.3, 0.4) is 0 Å². The fourth-order valence-corrected chi connectivity index (χ4v) is 3.05. The molecule has 0 aliphatic carbocycles. The molecule has 0 spiro atoms. The summed E-state index contributed by atoms with van der Waals surface area (Å²) in [7, 11) is 0. The maximum atomic E-state index is 10.3. The first-order chi connectivity index (χ1) is 13.1. The van der Waals surface area contributed by atoms with Gasteiger partial charge in [0.2, 0.25) is 0 Å². The molecule has 4 aromatic rings. The first kappa shape index (κ1) is 16.7. The van der Waals surface area contributed by atoms with Gasteiger partial charge in [-0.15, -0.1) is 0 Å². The predicted octanol–water partition coefficient (Wildman–Crippen LogP) is 5.20. The summed E-state index contributed by atoms with van der Waals surface area (Å²) in [6.45, 7) is 0. The van der Waals surface area contributed by atoms with Crippen LogP contribution in [0.1, 0.15) is 0 Å². The van der Waals surface area contributed by atoms with Crippen molar-refractivity contribution in [2.75, 3.05) is 0 Å². The highest BCUT2D eigenvalue weighted by molar-refractivity contribution is 5.80.